The van der Waals surface area contributed by atoms with E-state index in [9.17, 15) is 13.2 Å². The fourth-order valence-corrected chi connectivity index (χ4v) is 2.13. The van der Waals surface area contributed by atoms with Crippen LogP contribution in [0.4, 0.5) is 13.2 Å². The second-order valence-electron chi connectivity index (χ2n) is 4.18. The van der Waals surface area contributed by atoms with Gasteiger partial charge in [0.15, 0.2) is 0 Å². The Bertz CT molecular complexity index is 602. The number of hydrogen-bond donors (Lipinski definition) is 0. The third kappa shape index (κ3) is 1.74. The summed E-state index contributed by atoms with van der Waals surface area (Å²) in [4.78, 5) is 0. The van der Waals surface area contributed by atoms with Crippen LogP contribution in [0.3, 0.4) is 0 Å². The minimum atomic E-state index is -4.39. The second-order valence-corrected chi connectivity index (χ2v) is 4.18. The Morgan fingerprint density at radius 1 is 0.889 bits per heavy atom. The predicted octanol–water partition coefficient (Wildman–Crippen LogP) is 4.40. The van der Waals surface area contributed by atoms with Gasteiger partial charge in [-0.25, -0.2) is 0 Å². The smallest absolute Gasteiger partial charge is 0.419 e. The Kier molecular flexibility index (Phi) is 2.33. The van der Waals surface area contributed by atoms with Gasteiger partial charge in [-0.15, -0.1) is 0 Å². The third-order valence-corrected chi connectivity index (χ3v) is 2.97. The van der Waals surface area contributed by atoms with E-state index in [-0.39, 0.29) is 5.75 Å². The van der Waals surface area contributed by atoms with Crippen LogP contribution in [0.5, 0.6) is 11.5 Å². The van der Waals surface area contributed by atoms with Gasteiger partial charge in [0.1, 0.15) is 11.5 Å². The molecule has 1 heterocycles. The van der Waals surface area contributed by atoms with Crippen molar-refractivity contribution in [3.05, 3.63) is 59.2 Å². The molecule has 0 fully saturated rings. The molecule has 92 valence electrons. The Labute approximate surface area is 102 Å². The number of benzene rings is 2. The van der Waals surface area contributed by atoms with Gasteiger partial charge in [0.25, 0.3) is 0 Å². The summed E-state index contributed by atoms with van der Waals surface area (Å²) < 4.78 is 44.0. The normalized spacial score (nSPS) is 13.5. The molecule has 0 amide bonds. The van der Waals surface area contributed by atoms with Gasteiger partial charge in [-0.1, -0.05) is 30.3 Å². The summed E-state index contributed by atoms with van der Waals surface area (Å²) in [5.74, 6) is 0.436. The van der Waals surface area contributed by atoms with Gasteiger partial charge >= 0.3 is 6.18 Å². The van der Waals surface area contributed by atoms with Crippen molar-refractivity contribution >= 4 is 0 Å². The molecule has 0 atom stereocenters. The van der Waals surface area contributed by atoms with E-state index >= 15 is 0 Å². The molecule has 1 nitrogen and oxygen atoms in total. The summed E-state index contributed by atoms with van der Waals surface area (Å²) in [6.45, 7) is 0. The maximum absolute atomic E-state index is 12.9. The zero-order valence-corrected chi connectivity index (χ0v) is 9.29. The first-order chi connectivity index (χ1) is 8.55. The Morgan fingerprint density at radius 2 is 1.61 bits per heavy atom. The second kappa shape index (κ2) is 3.77. The van der Waals surface area contributed by atoms with Gasteiger partial charge < -0.3 is 4.74 Å². The minimum Gasteiger partial charge on any atom is -0.456 e. The standard InChI is InChI=1S/C14H9F3O/c15-14(16,17)11-6-3-5-10-8-9-4-1-2-7-12(9)18-13(10)11/h1-7H,8H2. The maximum atomic E-state index is 12.9. The number of ether oxygens (including phenoxy) is 1. The molecular weight excluding hydrogens is 241 g/mol. The Morgan fingerprint density at radius 3 is 2.39 bits per heavy atom. The fraction of sp³-hybridized carbons (Fsp3) is 0.143. The summed E-state index contributed by atoms with van der Waals surface area (Å²) in [6.07, 6.45) is -3.92. The number of fused-ring (bicyclic) bond motifs is 2. The summed E-state index contributed by atoms with van der Waals surface area (Å²) in [6, 6.07) is 11.3. The average molecular weight is 250 g/mol. The quantitative estimate of drug-likeness (QED) is 0.574. The average Bonchev–Trinajstić information content (AvgIpc) is 2.34. The van der Waals surface area contributed by atoms with E-state index < -0.39 is 11.7 Å². The molecule has 3 rings (SSSR count). The zero-order valence-electron chi connectivity index (χ0n) is 9.29. The molecule has 2 aromatic rings. The monoisotopic (exact) mass is 250 g/mol. The van der Waals surface area contributed by atoms with Crippen LogP contribution < -0.4 is 4.74 Å². The molecule has 4 heteroatoms. The molecule has 0 saturated heterocycles. The summed E-state index contributed by atoms with van der Waals surface area (Å²) in [7, 11) is 0. The largest absolute Gasteiger partial charge is 0.456 e. The van der Waals surface area contributed by atoms with Crippen LogP contribution in [0.2, 0.25) is 0 Å². The van der Waals surface area contributed by atoms with Crippen molar-refractivity contribution in [3.63, 3.8) is 0 Å². The molecular formula is C14H9F3O. The Balaban J connectivity index is 2.14. The van der Waals surface area contributed by atoms with Gasteiger partial charge in [-0.3, -0.25) is 0 Å². The van der Waals surface area contributed by atoms with Crippen LogP contribution in [0.1, 0.15) is 16.7 Å². The van der Waals surface area contributed by atoms with Crippen LogP contribution in [0, 0.1) is 0 Å². The highest BCUT2D eigenvalue weighted by Gasteiger charge is 2.36. The number of halogens is 3. The summed E-state index contributed by atoms with van der Waals surface area (Å²) in [5, 5.41) is 0. The number of alkyl halides is 3. The van der Waals surface area contributed by atoms with Crippen LogP contribution >= 0.6 is 0 Å². The van der Waals surface area contributed by atoms with E-state index in [1.807, 2.05) is 12.1 Å². The van der Waals surface area contributed by atoms with E-state index in [0.717, 1.165) is 11.6 Å². The van der Waals surface area contributed by atoms with E-state index in [1.165, 1.54) is 6.07 Å². The molecule has 0 N–H and O–H groups in total. The van der Waals surface area contributed by atoms with Gasteiger partial charge in [0, 0.05) is 6.42 Å². The van der Waals surface area contributed by atoms with Crippen molar-refractivity contribution in [2.45, 2.75) is 12.6 Å². The molecule has 1 aliphatic heterocycles. The number of para-hydroxylation sites is 2. The molecule has 0 radical (unpaired) electrons. The minimum absolute atomic E-state index is 0.0660. The number of rotatable bonds is 0. The van der Waals surface area contributed by atoms with Gasteiger partial charge in [-0.2, -0.15) is 13.2 Å². The molecule has 0 saturated carbocycles. The SMILES string of the molecule is FC(F)(F)c1cccc2c1Oc1ccccc1C2. The highest BCUT2D eigenvalue weighted by molar-refractivity contribution is 5.53. The highest BCUT2D eigenvalue weighted by atomic mass is 19.4. The van der Waals surface area contributed by atoms with E-state index in [4.69, 9.17) is 4.74 Å². The first-order valence-electron chi connectivity index (χ1n) is 5.50. The van der Waals surface area contributed by atoms with Gasteiger partial charge in [-0.05, 0) is 23.3 Å². The van der Waals surface area contributed by atoms with Crippen LogP contribution in [-0.2, 0) is 12.6 Å². The topological polar surface area (TPSA) is 9.23 Å². The molecule has 0 unspecified atom stereocenters. The summed E-state index contributed by atoms with van der Waals surface area (Å²) in [5.41, 5.74) is 0.766. The van der Waals surface area contributed by atoms with Crippen LogP contribution in [0.15, 0.2) is 42.5 Å². The molecule has 0 spiro atoms. The Hall–Kier alpha value is -1.97. The van der Waals surface area contributed by atoms with Crippen LogP contribution in [0.25, 0.3) is 0 Å². The molecule has 2 aromatic carbocycles. The lowest BCUT2D eigenvalue weighted by atomic mass is 9.98. The lowest BCUT2D eigenvalue weighted by molar-refractivity contribution is -0.138. The van der Waals surface area contributed by atoms with Crippen molar-refractivity contribution in [3.8, 4) is 11.5 Å². The van der Waals surface area contributed by atoms with Crippen LogP contribution in [-0.4, -0.2) is 0 Å². The van der Waals surface area contributed by atoms with Crippen molar-refractivity contribution in [1.82, 2.24) is 0 Å². The van der Waals surface area contributed by atoms with Crippen molar-refractivity contribution < 1.29 is 17.9 Å². The lowest BCUT2D eigenvalue weighted by Crippen LogP contribution is -2.12. The van der Waals surface area contributed by atoms with Gasteiger partial charge in [0.2, 0.25) is 0 Å². The third-order valence-electron chi connectivity index (χ3n) is 2.97. The zero-order chi connectivity index (χ0) is 12.8. The molecule has 0 aromatic heterocycles. The molecule has 1 aliphatic rings. The number of hydrogen-bond acceptors (Lipinski definition) is 1. The van der Waals surface area contributed by atoms with E-state index in [0.29, 0.717) is 17.7 Å². The maximum Gasteiger partial charge on any atom is 0.419 e. The van der Waals surface area contributed by atoms with Crippen molar-refractivity contribution in [2.24, 2.45) is 0 Å². The first kappa shape index (κ1) is 11.1. The van der Waals surface area contributed by atoms with Gasteiger partial charge in [0.05, 0.1) is 5.56 Å². The molecule has 18 heavy (non-hydrogen) atoms. The fourth-order valence-electron chi connectivity index (χ4n) is 2.13. The van der Waals surface area contributed by atoms with E-state index in [1.54, 1.807) is 18.2 Å². The molecule has 0 bridgehead atoms. The predicted molar refractivity (Wildman–Crippen MR) is 60.8 cm³/mol. The lowest BCUT2D eigenvalue weighted by Gasteiger charge is -2.23. The highest BCUT2D eigenvalue weighted by Crippen LogP contribution is 2.44. The molecule has 0 aliphatic carbocycles. The summed E-state index contributed by atoms with van der Waals surface area (Å²) >= 11 is 0. The van der Waals surface area contributed by atoms with Crippen molar-refractivity contribution in [1.29, 1.82) is 0 Å². The van der Waals surface area contributed by atoms with E-state index in [2.05, 4.69) is 0 Å². The first-order valence-corrected chi connectivity index (χ1v) is 5.50. The van der Waals surface area contributed by atoms with Crippen molar-refractivity contribution in [2.75, 3.05) is 0 Å².